The standard InChI is InChI=1S/C9H11FN2O2S/c1-12(2)7-11-15(13,14)9-5-3-8(10)4-6-9/h3-7H,1-2H3. The van der Waals surface area contributed by atoms with Crippen molar-refractivity contribution in [2.75, 3.05) is 14.1 Å². The number of hydrogen-bond acceptors (Lipinski definition) is 2. The molecule has 1 aromatic carbocycles. The molecule has 6 heteroatoms. The quantitative estimate of drug-likeness (QED) is 0.577. The average molecular weight is 230 g/mol. The third kappa shape index (κ3) is 3.32. The molecule has 0 atom stereocenters. The Morgan fingerprint density at radius 3 is 2.27 bits per heavy atom. The molecule has 0 heterocycles. The van der Waals surface area contributed by atoms with Crippen molar-refractivity contribution in [3.8, 4) is 0 Å². The van der Waals surface area contributed by atoms with Gasteiger partial charge in [-0.1, -0.05) is 0 Å². The van der Waals surface area contributed by atoms with Crippen LogP contribution in [0.4, 0.5) is 4.39 Å². The molecule has 0 aliphatic heterocycles. The van der Waals surface area contributed by atoms with Gasteiger partial charge in [0.2, 0.25) is 0 Å². The molecule has 82 valence electrons. The van der Waals surface area contributed by atoms with Crippen molar-refractivity contribution in [2.24, 2.45) is 4.40 Å². The van der Waals surface area contributed by atoms with Crippen molar-refractivity contribution in [1.29, 1.82) is 0 Å². The Kier molecular flexibility index (Phi) is 3.41. The SMILES string of the molecule is CN(C)C=NS(=O)(=O)c1ccc(F)cc1. The van der Waals surface area contributed by atoms with Crippen LogP contribution in [0.2, 0.25) is 0 Å². The first-order valence-electron chi connectivity index (χ1n) is 4.14. The second kappa shape index (κ2) is 4.39. The molecule has 0 fully saturated rings. The van der Waals surface area contributed by atoms with E-state index < -0.39 is 15.8 Å². The van der Waals surface area contributed by atoms with Gasteiger partial charge in [-0.3, -0.25) is 0 Å². The number of benzene rings is 1. The highest BCUT2D eigenvalue weighted by Gasteiger charge is 2.11. The predicted octanol–water partition coefficient (Wildman–Crippen LogP) is 1.10. The summed E-state index contributed by atoms with van der Waals surface area (Å²) < 4.78 is 39.0. The summed E-state index contributed by atoms with van der Waals surface area (Å²) in [6.45, 7) is 0. The lowest BCUT2D eigenvalue weighted by atomic mass is 10.4. The molecule has 0 aliphatic carbocycles. The normalized spacial score (nSPS) is 11.9. The molecule has 4 nitrogen and oxygen atoms in total. The zero-order valence-corrected chi connectivity index (χ0v) is 9.20. The summed E-state index contributed by atoms with van der Waals surface area (Å²) >= 11 is 0. The molecule has 0 bridgehead atoms. The van der Waals surface area contributed by atoms with Gasteiger partial charge in [-0.25, -0.2) is 4.39 Å². The van der Waals surface area contributed by atoms with Crippen molar-refractivity contribution >= 4 is 16.4 Å². The lowest BCUT2D eigenvalue weighted by molar-refractivity contribution is 0.593. The molecule has 0 radical (unpaired) electrons. The molecule has 0 saturated carbocycles. The van der Waals surface area contributed by atoms with E-state index in [9.17, 15) is 12.8 Å². The number of nitrogens with zero attached hydrogens (tertiary/aromatic N) is 2. The minimum absolute atomic E-state index is 0.0259. The second-order valence-electron chi connectivity index (χ2n) is 3.11. The zero-order valence-electron chi connectivity index (χ0n) is 8.38. The predicted molar refractivity (Wildman–Crippen MR) is 55.8 cm³/mol. The fourth-order valence-corrected chi connectivity index (χ4v) is 1.74. The van der Waals surface area contributed by atoms with E-state index in [1.165, 1.54) is 23.4 Å². The first-order valence-corrected chi connectivity index (χ1v) is 5.58. The Morgan fingerprint density at radius 2 is 1.80 bits per heavy atom. The van der Waals surface area contributed by atoms with Gasteiger partial charge in [0, 0.05) is 14.1 Å². The summed E-state index contributed by atoms with van der Waals surface area (Å²) in [6.07, 6.45) is 1.18. The highest BCUT2D eigenvalue weighted by Crippen LogP contribution is 2.12. The van der Waals surface area contributed by atoms with E-state index in [2.05, 4.69) is 4.40 Å². The highest BCUT2D eigenvalue weighted by atomic mass is 32.2. The van der Waals surface area contributed by atoms with Gasteiger partial charge < -0.3 is 4.90 Å². The monoisotopic (exact) mass is 230 g/mol. The Hall–Kier alpha value is -1.43. The summed E-state index contributed by atoms with van der Waals surface area (Å²) in [5.74, 6) is -0.481. The van der Waals surface area contributed by atoms with Crippen LogP contribution in [0.3, 0.4) is 0 Å². The molecule has 1 rings (SSSR count). The van der Waals surface area contributed by atoms with Gasteiger partial charge in [-0.05, 0) is 24.3 Å². The summed E-state index contributed by atoms with van der Waals surface area (Å²) in [6, 6.07) is 4.52. The maximum atomic E-state index is 12.5. The van der Waals surface area contributed by atoms with E-state index in [1.54, 1.807) is 14.1 Å². The van der Waals surface area contributed by atoms with Crippen LogP contribution < -0.4 is 0 Å². The molecular formula is C9H11FN2O2S. The third-order valence-electron chi connectivity index (χ3n) is 1.53. The van der Waals surface area contributed by atoms with Gasteiger partial charge >= 0.3 is 0 Å². The van der Waals surface area contributed by atoms with Crippen molar-refractivity contribution in [2.45, 2.75) is 4.90 Å². The Bertz CT molecular complexity index is 452. The minimum atomic E-state index is -3.71. The largest absolute Gasteiger partial charge is 0.368 e. The molecule has 0 aromatic heterocycles. The molecule has 0 amide bonds. The zero-order chi connectivity index (χ0) is 11.5. The van der Waals surface area contributed by atoms with E-state index in [4.69, 9.17) is 0 Å². The second-order valence-corrected chi connectivity index (χ2v) is 4.75. The smallest absolute Gasteiger partial charge is 0.283 e. The molecule has 0 unspecified atom stereocenters. The van der Waals surface area contributed by atoms with E-state index in [1.807, 2.05) is 0 Å². The summed E-state index contributed by atoms with van der Waals surface area (Å²) in [5, 5.41) is 0. The first kappa shape index (κ1) is 11.6. The Balaban J connectivity index is 3.02. The van der Waals surface area contributed by atoms with Gasteiger partial charge in [-0.15, -0.1) is 4.40 Å². The number of rotatable bonds is 3. The maximum absolute atomic E-state index is 12.5. The van der Waals surface area contributed by atoms with Gasteiger partial charge in [0.1, 0.15) is 12.2 Å². The Labute approximate surface area is 88.1 Å². The average Bonchev–Trinajstić information content (AvgIpc) is 2.16. The van der Waals surface area contributed by atoms with Crippen molar-refractivity contribution in [3.05, 3.63) is 30.1 Å². The van der Waals surface area contributed by atoms with E-state index in [0.717, 1.165) is 12.1 Å². The van der Waals surface area contributed by atoms with Gasteiger partial charge in [-0.2, -0.15) is 8.42 Å². The fraction of sp³-hybridized carbons (Fsp3) is 0.222. The third-order valence-corrected chi connectivity index (χ3v) is 2.77. The van der Waals surface area contributed by atoms with E-state index in [-0.39, 0.29) is 4.90 Å². The van der Waals surface area contributed by atoms with E-state index >= 15 is 0 Å². The minimum Gasteiger partial charge on any atom is -0.368 e. The molecular weight excluding hydrogens is 219 g/mol. The van der Waals surface area contributed by atoms with Crippen LogP contribution in [0.15, 0.2) is 33.6 Å². The summed E-state index contributed by atoms with van der Waals surface area (Å²) in [5.41, 5.74) is 0. The molecule has 1 aromatic rings. The molecule has 15 heavy (non-hydrogen) atoms. The topological polar surface area (TPSA) is 49.7 Å². The lowest BCUT2D eigenvalue weighted by Gasteiger charge is -2.02. The number of sulfonamides is 1. The first-order chi connectivity index (χ1) is 6.92. The molecule has 0 N–H and O–H groups in total. The van der Waals surface area contributed by atoms with Crippen molar-refractivity contribution in [1.82, 2.24) is 4.90 Å². The lowest BCUT2D eigenvalue weighted by Crippen LogP contribution is -2.10. The molecule has 0 aliphatic rings. The maximum Gasteiger partial charge on any atom is 0.283 e. The van der Waals surface area contributed by atoms with Crippen molar-refractivity contribution < 1.29 is 12.8 Å². The molecule has 0 saturated heterocycles. The fourth-order valence-electron chi connectivity index (χ4n) is 0.824. The Morgan fingerprint density at radius 1 is 1.27 bits per heavy atom. The highest BCUT2D eigenvalue weighted by molar-refractivity contribution is 7.90. The summed E-state index contributed by atoms with van der Waals surface area (Å²) in [4.78, 5) is 1.48. The van der Waals surface area contributed by atoms with E-state index in [0.29, 0.717) is 0 Å². The van der Waals surface area contributed by atoms with Crippen LogP contribution in [-0.2, 0) is 10.0 Å². The van der Waals surface area contributed by atoms with Crippen LogP contribution in [0.25, 0.3) is 0 Å². The number of halogens is 1. The van der Waals surface area contributed by atoms with Gasteiger partial charge in [0.15, 0.2) is 0 Å². The van der Waals surface area contributed by atoms with Crippen LogP contribution in [0, 0.1) is 5.82 Å². The van der Waals surface area contributed by atoms with Gasteiger partial charge in [0.05, 0.1) is 4.90 Å². The van der Waals surface area contributed by atoms with Crippen LogP contribution in [0.5, 0.6) is 0 Å². The van der Waals surface area contributed by atoms with Crippen LogP contribution in [-0.4, -0.2) is 33.8 Å². The number of hydrogen-bond donors (Lipinski definition) is 0. The van der Waals surface area contributed by atoms with Gasteiger partial charge in [0.25, 0.3) is 10.0 Å². The summed E-state index contributed by atoms with van der Waals surface area (Å²) in [7, 11) is -0.398. The van der Waals surface area contributed by atoms with Crippen LogP contribution in [0.1, 0.15) is 0 Å². The van der Waals surface area contributed by atoms with Crippen LogP contribution >= 0.6 is 0 Å². The van der Waals surface area contributed by atoms with Crippen molar-refractivity contribution in [3.63, 3.8) is 0 Å². The molecule has 0 spiro atoms.